The second kappa shape index (κ2) is 7.22. The van der Waals surface area contributed by atoms with E-state index in [1.807, 2.05) is 39.1 Å². The first-order valence-corrected chi connectivity index (χ1v) is 6.98. The van der Waals surface area contributed by atoms with E-state index in [9.17, 15) is 0 Å². The zero-order valence-electron chi connectivity index (χ0n) is 12.3. The predicted molar refractivity (Wildman–Crippen MR) is 81.1 cm³/mol. The van der Waals surface area contributed by atoms with Gasteiger partial charge in [0.05, 0.1) is 18.4 Å². The van der Waals surface area contributed by atoms with Gasteiger partial charge < -0.3 is 14.8 Å². The highest BCUT2D eigenvalue weighted by Crippen LogP contribution is 2.24. The predicted octanol–water partition coefficient (Wildman–Crippen LogP) is 2.76. The van der Waals surface area contributed by atoms with Crippen LogP contribution in [0.2, 0.25) is 0 Å². The molecule has 0 saturated heterocycles. The van der Waals surface area contributed by atoms with Gasteiger partial charge in [-0.15, -0.1) is 0 Å². The first-order valence-electron chi connectivity index (χ1n) is 6.98. The van der Waals surface area contributed by atoms with Crippen LogP contribution < -0.4 is 10.1 Å². The van der Waals surface area contributed by atoms with Crippen molar-refractivity contribution < 1.29 is 9.47 Å². The fourth-order valence-electron chi connectivity index (χ4n) is 2.02. The second-order valence-electron chi connectivity index (χ2n) is 4.94. The summed E-state index contributed by atoms with van der Waals surface area (Å²) in [7, 11) is 1.91. The molecule has 20 heavy (non-hydrogen) atoms. The summed E-state index contributed by atoms with van der Waals surface area (Å²) in [5.41, 5.74) is 0.978. The van der Waals surface area contributed by atoms with Gasteiger partial charge in [0.2, 0.25) is 5.88 Å². The van der Waals surface area contributed by atoms with E-state index in [1.165, 1.54) is 0 Å². The van der Waals surface area contributed by atoms with E-state index in [-0.39, 0.29) is 6.10 Å². The van der Waals surface area contributed by atoms with Gasteiger partial charge in [0, 0.05) is 11.9 Å². The summed E-state index contributed by atoms with van der Waals surface area (Å²) in [6.45, 7) is 5.84. The molecular formula is C16H22N2O2. The third kappa shape index (κ3) is 3.92. The molecule has 0 saturated carbocycles. The lowest BCUT2D eigenvalue weighted by molar-refractivity contribution is 0.0546. The Morgan fingerprint density at radius 2 is 2.00 bits per heavy atom. The lowest BCUT2D eigenvalue weighted by Crippen LogP contribution is -2.13. The van der Waals surface area contributed by atoms with Crippen molar-refractivity contribution in [2.24, 2.45) is 0 Å². The molecule has 4 heteroatoms. The molecule has 1 heterocycles. The van der Waals surface area contributed by atoms with Crippen LogP contribution in [0.25, 0.3) is 10.8 Å². The van der Waals surface area contributed by atoms with Crippen LogP contribution in [-0.2, 0) is 11.3 Å². The summed E-state index contributed by atoms with van der Waals surface area (Å²) in [6.07, 6.45) is 0.221. The SMILES string of the molecule is CNCc1cc2ccccc2c(OCCOC(C)C)n1. The fourth-order valence-corrected chi connectivity index (χ4v) is 2.02. The van der Waals surface area contributed by atoms with Gasteiger partial charge in [-0.05, 0) is 38.4 Å². The third-order valence-corrected chi connectivity index (χ3v) is 2.89. The minimum Gasteiger partial charge on any atom is -0.475 e. The van der Waals surface area contributed by atoms with Crippen molar-refractivity contribution in [1.82, 2.24) is 10.3 Å². The molecule has 2 aromatic rings. The van der Waals surface area contributed by atoms with Crippen molar-refractivity contribution in [3.63, 3.8) is 0 Å². The number of pyridine rings is 1. The summed E-state index contributed by atoms with van der Waals surface area (Å²) in [4.78, 5) is 4.57. The minimum atomic E-state index is 0.221. The highest BCUT2D eigenvalue weighted by Gasteiger charge is 2.07. The lowest BCUT2D eigenvalue weighted by atomic mass is 10.1. The van der Waals surface area contributed by atoms with Crippen LogP contribution in [0.5, 0.6) is 5.88 Å². The molecule has 4 nitrogen and oxygen atoms in total. The van der Waals surface area contributed by atoms with Crippen LogP contribution in [0.1, 0.15) is 19.5 Å². The Hall–Kier alpha value is -1.65. The quantitative estimate of drug-likeness (QED) is 0.788. The zero-order chi connectivity index (χ0) is 14.4. The summed E-state index contributed by atoms with van der Waals surface area (Å²) >= 11 is 0. The molecule has 0 aliphatic carbocycles. The zero-order valence-corrected chi connectivity index (χ0v) is 12.3. The second-order valence-corrected chi connectivity index (χ2v) is 4.94. The van der Waals surface area contributed by atoms with E-state index in [2.05, 4.69) is 22.4 Å². The maximum atomic E-state index is 5.79. The maximum absolute atomic E-state index is 5.79. The number of nitrogens with zero attached hydrogens (tertiary/aromatic N) is 1. The molecule has 0 atom stereocenters. The molecule has 0 aliphatic heterocycles. The Kier molecular flexibility index (Phi) is 5.32. The molecule has 0 radical (unpaired) electrons. The molecule has 0 aliphatic rings. The van der Waals surface area contributed by atoms with Gasteiger partial charge in [0.15, 0.2) is 0 Å². The Morgan fingerprint density at radius 1 is 1.20 bits per heavy atom. The fraction of sp³-hybridized carbons (Fsp3) is 0.438. The van der Waals surface area contributed by atoms with E-state index in [4.69, 9.17) is 9.47 Å². The minimum absolute atomic E-state index is 0.221. The van der Waals surface area contributed by atoms with Crippen LogP contribution in [0.4, 0.5) is 0 Å². The lowest BCUT2D eigenvalue weighted by Gasteiger charge is -2.12. The van der Waals surface area contributed by atoms with E-state index >= 15 is 0 Å². The number of fused-ring (bicyclic) bond motifs is 1. The van der Waals surface area contributed by atoms with Gasteiger partial charge >= 0.3 is 0 Å². The molecule has 0 amide bonds. The van der Waals surface area contributed by atoms with Gasteiger partial charge in [-0.3, -0.25) is 0 Å². The van der Waals surface area contributed by atoms with Crippen LogP contribution >= 0.6 is 0 Å². The number of ether oxygens (including phenoxy) is 2. The molecule has 2 rings (SSSR count). The maximum Gasteiger partial charge on any atom is 0.221 e. The highest BCUT2D eigenvalue weighted by molar-refractivity contribution is 5.87. The summed E-state index contributed by atoms with van der Waals surface area (Å²) in [5, 5.41) is 5.30. The van der Waals surface area contributed by atoms with E-state index in [0.717, 1.165) is 23.0 Å². The third-order valence-electron chi connectivity index (χ3n) is 2.89. The van der Waals surface area contributed by atoms with Gasteiger partial charge in [0.25, 0.3) is 0 Å². The van der Waals surface area contributed by atoms with Crippen LogP contribution in [0, 0.1) is 0 Å². The van der Waals surface area contributed by atoms with Crippen LogP contribution in [0.3, 0.4) is 0 Å². The summed E-state index contributed by atoms with van der Waals surface area (Å²) in [5.74, 6) is 0.681. The van der Waals surface area contributed by atoms with Crippen molar-refractivity contribution in [3.05, 3.63) is 36.0 Å². The average Bonchev–Trinajstić information content (AvgIpc) is 2.43. The van der Waals surface area contributed by atoms with Crippen molar-refractivity contribution in [1.29, 1.82) is 0 Å². The Labute approximate surface area is 120 Å². The Balaban J connectivity index is 2.16. The molecule has 0 bridgehead atoms. The number of hydrogen-bond donors (Lipinski definition) is 1. The number of hydrogen-bond acceptors (Lipinski definition) is 4. The number of rotatable bonds is 7. The van der Waals surface area contributed by atoms with Crippen LogP contribution in [0.15, 0.2) is 30.3 Å². The van der Waals surface area contributed by atoms with Gasteiger partial charge in [-0.1, -0.05) is 18.2 Å². The molecule has 1 aromatic heterocycles. The molecule has 108 valence electrons. The summed E-state index contributed by atoms with van der Waals surface area (Å²) in [6, 6.07) is 10.2. The Morgan fingerprint density at radius 3 is 2.75 bits per heavy atom. The number of nitrogens with one attached hydrogen (secondary N) is 1. The molecule has 0 unspecified atom stereocenters. The first kappa shape index (κ1) is 14.8. The molecular weight excluding hydrogens is 252 g/mol. The van der Waals surface area contributed by atoms with Gasteiger partial charge in [-0.2, -0.15) is 0 Å². The Bertz CT molecular complexity index is 555. The van der Waals surface area contributed by atoms with E-state index < -0.39 is 0 Å². The van der Waals surface area contributed by atoms with Gasteiger partial charge in [0.1, 0.15) is 6.61 Å². The van der Waals surface area contributed by atoms with Crippen molar-refractivity contribution in [2.45, 2.75) is 26.5 Å². The normalized spacial score (nSPS) is 11.2. The molecule has 0 fully saturated rings. The van der Waals surface area contributed by atoms with Crippen molar-refractivity contribution >= 4 is 10.8 Å². The van der Waals surface area contributed by atoms with Gasteiger partial charge in [-0.25, -0.2) is 4.98 Å². The first-order chi connectivity index (χ1) is 9.70. The molecule has 0 spiro atoms. The molecule has 1 N–H and O–H groups in total. The van der Waals surface area contributed by atoms with Crippen molar-refractivity contribution in [2.75, 3.05) is 20.3 Å². The monoisotopic (exact) mass is 274 g/mol. The number of aromatic nitrogens is 1. The smallest absolute Gasteiger partial charge is 0.221 e. The van der Waals surface area contributed by atoms with Crippen LogP contribution in [-0.4, -0.2) is 31.3 Å². The number of benzene rings is 1. The summed E-state index contributed by atoms with van der Waals surface area (Å²) < 4.78 is 11.3. The topological polar surface area (TPSA) is 43.4 Å². The molecule has 1 aromatic carbocycles. The van der Waals surface area contributed by atoms with E-state index in [0.29, 0.717) is 19.1 Å². The standard InChI is InChI=1S/C16H22N2O2/c1-12(2)19-8-9-20-16-15-7-5-4-6-13(15)10-14(18-16)11-17-3/h4-7,10,12,17H,8-9,11H2,1-3H3. The van der Waals surface area contributed by atoms with E-state index in [1.54, 1.807) is 0 Å². The van der Waals surface area contributed by atoms with Crippen molar-refractivity contribution in [3.8, 4) is 5.88 Å². The average molecular weight is 274 g/mol. The largest absolute Gasteiger partial charge is 0.475 e. The highest BCUT2D eigenvalue weighted by atomic mass is 16.5.